The van der Waals surface area contributed by atoms with E-state index in [4.69, 9.17) is 4.42 Å². The number of aromatic nitrogens is 2. The van der Waals surface area contributed by atoms with E-state index in [2.05, 4.69) is 15.3 Å². The number of halogens is 3. The number of fused-ring (bicyclic) bond motifs is 1. The van der Waals surface area contributed by atoms with Crippen LogP contribution in [0.1, 0.15) is 38.8 Å². The lowest BCUT2D eigenvalue weighted by molar-refractivity contribution is -0.137. The third-order valence-corrected chi connectivity index (χ3v) is 4.85. The highest BCUT2D eigenvalue weighted by atomic mass is 19.4. The number of hydrogen-bond acceptors (Lipinski definition) is 4. The second kappa shape index (κ2) is 7.75. The number of nitrogens with zero attached hydrogens (tertiary/aromatic N) is 1. The molecule has 0 saturated carbocycles. The molecule has 0 aliphatic carbocycles. The first-order valence-corrected chi connectivity index (χ1v) is 9.25. The van der Waals surface area contributed by atoms with Crippen LogP contribution in [-0.4, -0.2) is 15.9 Å². The second-order valence-electron chi connectivity index (χ2n) is 6.96. The fourth-order valence-electron chi connectivity index (χ4n) is 3.28. The van der Waals surface area contributed by atoms with Gasteiger partial charge in [-0.2, -0.15) is 13.2 Å². The lowest BCUT2D eigenvalue weighted by Gasteiger charge is -2.21. The molecule has 1 atom stereocenters. The SMILES string of the molecule is Cc1cccnc1[C@@H](NC(=O)c1ccc2oc(=O)[nH]c2c1)c1ccc(C(F)(F)F)cc1. The van der Waals surface area contributed by atoms with Crippen molar-refractivity contribution < 1.29 is 22.4 Å². The van der Waals surface area contributed by atoms with Crippen molar-refractivity contribution in [1.82, 2.24) is 15.3 Å². The number of rotatable bonds is 4. The van der Waals surface area contributed by atoms with Crippen LogP contribution < -0.4 is 11.1 Å². The smallest absolute Gasteiger partial charge is 0.408 e. The van der Waals surface area contributed by atoms with Crippen molar-refractivity contribution in [1.29, 1.82) is 0 Å². The van der Waals surface area contributed by atoms with Crippen LogP contribution in [0.3, 0.4) is 0 Å². The van der Waals surface area contributed by atoms with Gasteiger partial charge in [-0.25, -0.2) is 4.79 Å². The summed E-state index contributed by atoms with van der Waals surface area (Å²) in [5, 5.41) is 2.83. The van der Waals surface area contributed by atoms with Gasteiger partial charge >= 0.3 is 11.9 Å². The van der Waals surface area contributed by atoms with Crippen molar-refractivity contribution in [3.05, 3.63) is 99.3 Å². The van der Waals surface area contributed by atoms with E-state index in [1.54, 1.807) is 25.3 Å². The van der Waals surface area contributed by atoms with Gasteiger partial charge in [-0.15, -0.1) is 0 Å². The van der Waals surface area contributed by atoms with Crippen molar-refractivity contribution in [2.75, 3.05) is 0 Å². The molecule has 0 saturated heterocycles. The Bertz CT molecular complexity index is 1310. The highest BCUT2D eigenvalue weighted by molar-refractivity contribution is 5.97. The number of oxazole rings is 1. The maximum Gasteiger partial charge on any atom is 0.417 e. The largest absolute Gasteiger partial charge is 0.417 e. The first-order valence-electron chi connectivity index (χ1n) is 9.25. The Morgan fingerprint density at radius 1 is 1.13 bits per heavy atom. The Labute approximate surface area is 173 Å². The Kier molecular flexibility index (Phi) is 5.10. The molecule has 0 bridgehead atoms. The Morgan fingerprint density at radius 3 is 2.55 bits per heavy atom. The third kappa shape index (κ3) is 4.20. The molecule has 158 valence electrons. The molecule has 2 aromatic heterocycles. The minimum atomic E-state index is -4.46. The van der Waals surface area contributed by atoms with E-state index in [1.165, 1.54) is 30.3 Å². The average Bonchev–Trinajstić information content (AvgIpc) is 3.11. The minimum Gasteiger partial charge on any atom is -0.408 e. The molecule has 0 unspecified atom stereocenters. The zero-order chi connectivity index (χ0) is 22.2. The number of H-pyrrole nitrogens is 1. The van der Waals surface area contributed by atoms with E-state index in [-0.39, 0.29) is 5.56 Å². The van der Waals surface area contributed by atoms with Crippen LogP contribution in [0.5, 0.6) is 0 Å². The van der Waals surface area contributed by atoms with Crippen LogP contribution in [0, 0.1) is 6.92 Å². The summed E-state index contributed by atoms with van der Waals surface area (Å²) < 4.78 is 43.8. The van der Waals surface area contributed by atoms with Crippen molar-refractivity contribution in [3.8, 4) is 0 Å². The Morgan fingerprint density at radius 2 is 1.87 bits per heavy atom. The molecule has 31 heavy (non-hydrogen) atoms. The van der Waals surface area contributed by atoms with Gasteiger partial charge in [-0.3, -0.25) is 14.8 Å². The molecule has 0 fully saturated rings. The van der Waals surface area contributed by atoms with Gasteiger partial charge in [0.2, 0.25) is 0 Å². The number of aryl methyl sites for hydroxylation is 1. The number of carbonyl (C=O) groups excluding carboxylic acids is 1. The van der Waals surface area contributed by atoms with Gasteiger partial charge in [-0.1, -0.05) is 18.2 Å². The molecule has 2 aromatic carbocycles. The number of benzene rings is 2. The van der Waals surface area contributed by atoms with E-state index in [0.717, 1.165) is 17.7 Å². The fraction of sp³-hybridized carbons (Fsp3) is 0.136. The highest BCUT2D eigenvalue weighted by Crippen LogP contribution is 2.31. The summed E-state index contributed by atoms with van der Waals surface area (Å²) in [5.74, 6) is -1.13. The third-order valence-electron chi connectivity index (χ3n) is 4.85. The summed E-state index contributed by atoms with van der Waals surface area (Å²) in [5.41, 5.74) is 1.85. The standard InChI is InChI=1S/C22H16F3N3O3/c1-12-3-2-10-26-18(12)19(13-4-7-15(8-5-13)22(23,24)25)28-20(29)14-6-9-17-16(11-14)27-21(30)31-17/h2-11,19H,1H3,(H,27,30)(H,28,29)/t19-/m0/s1. The summed E-state index contributed by atoms with van der Waals surface area (Å²) >= 11 is 0. The molecule has 6 nitrogen and oxygen atoms in total. The molecule has 0 spiro atoms. The van der Waals surface area contributed by atoms with Gasteiger partial charge in [0.1, 0.15) is 0 Å². The maximum atomic E-state index is 13.0. The number of carbonyl (C=O) groups is 1. The maximum absolute atomic E-state index is 13.0. The van der Waals surface area contributed by atoms with E-state index in [0.29, 0.717) is 22.4 Å². The molecule has 2 N–H and O–H groups in total. The van der Waals surface area contributed by atoms with Crippen LogP contribution in [0.25, 0.3) is 11.1 Å². The second-order valence-corrected chi connectivity index (χ2v) is 6.96. The lowest BCUT2D eigenvalue weighted by atomic mass is 9.98. The molecule has 1 amide bonds. The molecule has 0 aliphatic heterocycles. The van der Waals surface area contributed by atoms with Crippen LogP contribution in [0.2, 0.25) is 0 Å². The van der Waals surface area contributed by atoms with Crippen LogP contribution in [-0.2, 0) is 6.18 Å². The number of aromatic amines is 1. The highest BCUT2D eigenvalue weighted by Gasteiger charge is 2.30. The number of pyridine rings is 1. The monoisotopic (exact) mass is 427 g/mol. The molecule has 0 aliphatic rings. The summed E-state index contributed by atoms with van der Waals surface area (Å²) in [7, 11) is 0. The molecule has 2 heterocycles. The normalized spacial score (nSPS) is 12.6. The predicted octanol–water partition coefficient (Wildman–Crippen LogP) is 4.36. The molecule has 9 heteroatoms. The van der Waals surface area contributed by atoms with E-state index in [1.807, 2.05) is 0 Å². The number of amides is 1. The molecular weight excluding hydrogens is 411 g/mol. The number of alkyl halides is 3. The quantitative estimate of drug-likeness (QED) is 0.507. The summed E-state index contributed by atoms with van der Waals surface area (Å²) in [6.07, 6.45) is -2.91. The predicted molar refractivity (Wildman–Crippen MR) is 107 cm³/mol. The average molecular weight is 427 g/mol. The van der Waals surface area contributed by atoms with Crippen molar-refractivity contribution in [3.63, 3.8) is 0 Å². The molecular formula is C22H16F3N3O3. The van der Waals surface area contributed by atoms with E-state index >= 15 is 0 Å². The summed E-state index contributed by atoms with van der Waals surface area (Å²) in [4.78, 5) is 31.1. The van der Waals surface area contributed by atoms with Crippen molar-refractivity contribution in [2.24, 2.45) is 0 Å². The van der Waals surface area contributed by atoms with Gasteiger partial charge in [0, 0.05) is 11.8 Å². The van der Waals surface area contributed by atoms with E-state index < -0.39 is 29.4 Å². The van der Waals surface area contributed by atoms with Crippen molar-refractivity contribution in [2.45, 2.75) is 19.1 Å². The van der Waals surface area contributed by atoms with Gasteiger partial charge in [0.25, 0.3) is 5.91 Å². The fourth-order valence-corrected chi connectivity index (χ4v) is 3.28. The van der Waals surface area contributed by atoms with Crippen LogP contribution in [0.15, 0.2) is 70.0 Å². The Balaban J connectivity index is 1.71. The minimum absolute atomic E-state index is 0.245. The Hall–Kier alpha value is -3.88. The van der Waals surface area contributed by atoms with Crippen molar-refractivity contribution >= 4 is 17.0 Å². The first-order chi connectivity index (χ1) is 14.7. The summed E-state index contributed by atoms with van der Waals surface area (Å²) in [6.45, 7) is 1.80. The molecule has 4 aromatic rings. The van der Waals surface area contributed by atoms with E-state index in [9.17, 15) is 22.8 Å². The van der Waals surface area contributed by atoms with Gasteiger partial charge in [-0.05, 0) is 54.4 Å². The first kappa shape index (κ1) is 20.4. The summed E-state index contributed by atoms with van der Waals surface area (Å²) in [6, 6.07) is 11.8. The van der Waals surface area contributed by atoms with Gasteiger partial charge < -0.3 is 9.73 Å². The van der Waals surface area contributed by atoms with Gasteiger partial charge in [0.15, 0.2) is 5.58 Å². The number of hydrogen-bond donors (Lipinski definition) is 2. The number of nitrogens with one attached hydrogen (secondary N) is 2. The zero-order valence-electron chi connectivity index (χ0n) is 16.2. The van der Waals surface area contributed by atoms with Crippen LogP contribution >= 0.6 is 0 Å². The zero-order valence-corrected chi connectivity index (χ0v) is 16.2. The lowest BCUT2D eigenvalue weighted by Crippen LogP contribution is -2.30. The van der Waals surface area contributed by atoms with Gasteiger partial charge in [0.05, 0.1) is 22.8 Å². The molecule has 0 radical (unpaired) electrons. The molecule has 4 rings (SSSR count). The topological polar surface area (TPSA) is 88.0 Å². The van der Waals surface area contributed by atoms with Crippen LogP contribution in [0.4, 0.5) is 13.2 Å².